The number of nitrogens with zero attached hydrogens (tertiary/aromatic N) is 3. The van der Waals surface area contributed by atoms with Gasteiger partial charge in [0.05, 0.1) is 30.2 Å². The topological polar surface area (TPSA) is 98.4 Å². The fourth-order valence-electron chi connectivity index (χ4n) is 3.66. The number of sulfone groups is 1. The highest BCUT2D eigenvalue weighted by Gasteiger charge is 2.55. The van der Waals surface area contributed by atoms with Gasteiger partial charge in [-0.2, -0.15) is 13.2 Å². The van der Waals surface area contributed by atoms with Crippen LogP contribution in [-0.4, -0.2) is 50.9 Å². The molecule has 0 amide bonds. The quantitative estimate of drug-likeness (QED) is 0.727. The molecule has 2 N–H and O–H groups in total. The van der Waals surface area contributed by atoms with Crippen molar-refractivity contribution in [3.63, 3.8) is 0 Å². The number of benzene rings is 1. The van der Waals surface area contributed by atoms with Gasteiger partial charge in [-0.3, -0.25) is 0 Å². The van der Waals surface area contributed by atoms with E-state index in [1.165, 1.54) is 18.2 Å². The number of aromatic nitrogens is 2. The molecule has 4 rings (SSSR count). The Labute approximate surface area is 172 Å². The summed E-state index contributed by atoms with van der Waals surface area (Å²) in [6, 6.07) is 4.84. The monoisotopic (exact) mass is 442 g/mol. The van der Waals surface area contributed by atoms with Crippen molar-refractivity contribution in [2.45, 2.75) is 23.8 Å². The highest BCUT2D eigenvalue weighted by Crippen LogP contribution is 2.52. The predicted molar refractivity (Wildman–Crippen MR) is 106 cm³/mol. The molecule has 0 atom stereocenters. The Morgan fingerprint density at radius 2 is 1.80 bits per heavy atom. The molecule has 162 valence electrons. The van der Waals surface area contributed by atoms with Crippen LogP contribution >= 0.6 is 0 Å². The van der Waals surface area contributed by atoms with Crippen molar-refractivity contribution in [2.24, 2.45) is 0 Å². The number of morpholine rings is 1. The van der Waals surface area contributed by atoms with Crippen LogP contribution in [0.5, 0.6) is 0 Å². The van der Waals surface area contributed by atoms with Crippen molar-refractivity contribution in [1.82, 2.24) is 9.97 Å². The minimum absolute atomic E-state index is 0.0174. The Balaban J connectivity index is 1.92. The van der Waals surface area contributed by atoms with E-state index in [-0.39, 0.29) is 28.6 Å². The third-order valence-electron chi connectivity index (χ3n) is 5.51. The number of alkyl halides is 3. The molecule has 7 nitrogen and oxygen atoms in total. The second-order valence-electron chi connectivity index (χ2n) is 7.61. The molecule has 11 heteroatoms. The molecule has 0 unspecified atom stereocenters. The lowest BCUT2D eigenvalue weighted by atomic mass is 10.0. The second kappa shape index (κ2) is 7.09. The molecule has 2 aliphatic rings. The lowest BCUT2D eigenvalue weighted by Gasteiger charge is -2.28. The first-order chi connectivity index (χ1) is 14.0. The Bertz CT molecular complexity index is 1080. The molecule has 1 aliphatic heterocycles. The number of rotatable bonds is 4. The molecule has 1 aromatic carbocycles. The summed E-state index contributed by atoms with van der Waals surface area (Å²) >= 11 is 0. The van der Waals surface area contributed by atoms with Crippen LogP contribution in [-0.2, 0) is 25.5 Å². The summed E-state index contributed by atoms with van der Waals surface area (Å²) in [5.74, 6) is 0.200. The molecule has 2 aromatic rings. The first-order valence-electron chi connectivity index (χ1n) is 9.40. The zero-order valence-corrected chi connectivity index (χ0v) is 17.1. The molecule has 1 saturated carbocycles. The summed E-state index contributed by atoms with van der Waals surface area (Å²) in [6.07, 6.45) is -2.78. The van der Waals surface area contributed by atoms with Crippen LogP contribution in [0.3, 0.4) is 0 Å². The summed E-state index contributed by atoms with van der Waals surface area (Å²) in [4.78, 5) is 10.6. The molecule has 1 aromatic heterocycles. The van der Waals surface area contributed by atoms with Crippen molar-refractivity contribution >= 4 is 21.5 Å². The van der Waals surface area contributed by atoms with Crippen molar-refractivity contribution < 1.29 is 26.3 Å². The third kappa shape index (κ3) is 3.71. The van der Waals surface area contributed by atoms with E-state index < -0.39 is 26.3 Å². The molecule has 0 bridgehead atoms. The summed E-state index contributed by atoms with van der Waals surface area (Å²) in [5, 5.41) is 0. The molecule has 1 aliphatic carbocycles. The van der Waals surface area contributed by atoms with E-state index in [1.54, 1.807) is 4.90 Å². The first-order valence-corrected chi connectivity index (χ1v) is 11.3. The van der Waals surface area contributed by atoms with Crippen molar-refractivity contribution in [3.8, 4) is 11.3 Å². The van der Waals surface area contributed by atoms with E-state index in [0.29, 0.717) is 39.1 Å². The summed E-state index contributed by atoms with van der Waals surface area (Å²) < 4.78 is 70.1. The van der Waals surface area contributed by atoms with Crippen molar-refractivity contribution in [1.29, 1.82) is 0 Å². The summed E-state index contributed by atoms with van der Waals surface area (Å²) in [5.41, 5.74) is 4.70. The van der Waals surface area contributed by atoms with Gasteiger partial charge < -0.3 is 15.4 Å². The van der Waals surface area contributed by atoms with Crippen LogP contribution in [0, 0.1) is 0 Å². The number of ether oxygens (including phenoxy) is 1. The predicted octanol–water partition coefficient (Wildman–Crippen LogP) is 2.61. The largest absolute Gasteiger partial charge is 0.417 e. The van der Waals surface area contributed by atoms with Crippen molar-refractivity contribution in [3.05, 3.63) is 35.5 Å². The smallest absolute Gasteiger partial charge is 0.399 e. The average molecular weight is 442 g/mol. The normalized spacial score (nSPS) is 19.0. The number of anilines is 2. The second-order valence-corrected chi connectivity index (χ2v) is 9.93. The number of hydrogen-bond donors (Lipinski definition) is 1. The van der Waals surface area contributed by atoms with Gasteiger partial charge in [0.1, 0.15) is 4.75 Å². The van der Waals surface area contributed by atoms with Crippen LogP contribution in [0.4, 0.5) is 24.8 Å². The molecule has 1 saturated heterocycles. The highest BCUT2D eigenvalue weighted by molar-refractivity contribution is 7.91. The lowest BCUT2D eigenvalue weighted by molar-refractivity contribution is -0.137. The molecular weight excluding hydrogens is 421 g/mol. The van der Waals surface area contributed by atoms with Gasteiger partial charge >= 0.3 is 6.18 Å². The summed E-state index contributed by atoms with van der Waals surface area (Å²) in [7, 11) is -3.51. The first kappa shape index (κ1) is 20.9. The number of halogens is 3. The van der Waals surface area contributed by atoms with Gasteiger partial charge in [0, 0.05) is 30.6 Å². The van der Waals surface area contributed by atoms with Gasteiger partial charge in [0.25, 0.3) is 0 Å². The molecule has 0 spiro atoms. The maximum atomic E-state index is 13.7. The zero-order chi connectivity index (χ0) is 21.7. The van der Waals surface area contributed by atoms with Crippen LogP contribution < -0.4 is 10.6 Å². The Kier molecular flexibility index (Phi) is 4.93. The van der Waals surface area contributed by atoms with E-state index in [4.69, 9.17) is 10.5 Å². The molecular formula is C19H21F3N4O3S. The van der Waals surface area contributed by atoms with Crippen LogP contribution in [0.2, 0.25) is 0 Å². The fourth-order valence-corrected chi connectivity index (χ4v) is 4.99. The van der Waals surface area contributed by atoms with Gasteiger partial charge in [-0.25, -0.2) is 18.4 Å². The molecule has 2 heterocycles. The van der Waals surface area contributed by atoms with Crippen molar-refractivity contribution in [2.75, 3.05) is 43.2 Å². The highest BCUT2D eigenvalue weighted by atomic mass is 32.2. The van der Waals surface area contributed by atoms with E-state index in [1.807, 2.05) is 0 Å². The third-order valence-corrected chi connectivity index (χ3v) is 7.55. The van der Waals surface area contributed by atoms with Crippen LogP contribution in [0.25, 0.3) is 11.3 Å². The Morgan fingerprint density at radius 3 is 2.37 bits per heavy atom. The van der Waals surface area contributed by atoms with E-state index in [2.05, 4.69) is 9.97 Å². The van der Waals surface area contributed by atoms with Crippen LogP contribution in [0.15, 0.2) is 24.3 Å². The number of hydrogen-bond acceptors (Lipinski definition) is 7. The standard InChI is InChI=1S/C19H21F3N4O3S/c1-30(27,28)18(4-5-18)16-11-15(24-17(25-16)26-6-8-29-9-7-26)13-3-2-12(23)10-14(13)19(20,21)22/h2-3,10-11H,4-9,23H2,1H3. The Morgan fingerprint density at radius 1 is 1.13 bits per heavy atom. The van der Waals surface area contributed by atoms with E-state index in [9.17, 15) is 21.6 Å². The minimum atomic E-state index is -4.65. The van der Waals surface area contributed by atoms with Crippen LogP contribution in [0.1, 0.15) is 24.1 Å². The maximum Gasteiger partial charge on any atom is 0.417 e. The SMILES string of the molecule is CS(=O)(=O)C1(c2cc(-c3ccc(N)cc3C(F)(F)F)nc(N3CCOCC3)n2)CC1. The zero-order valence-electron chi connectivity index (χ0n) is 16.2. The van der Waals surface area contributed by atoms with Gasteiger partial charge in [0.15, 0.2) is 9.84 Å². The average Bonchev–Trinajstić information content (AvgIpc) is 3.50. The van der Waals surface area contributed by atoms with E-state index >= 15 is 0 Å². The molecule has 2 fully saturated rings. The lowest BCUT2D eigenvalue weighted by Crippen LogP contribution is -2.38. The van der Waals surface area contributed by atoms with Gasteiger partial charge in [-0.1, -0.05) is 6.07 Å². The van der Waals surface area contributed by atoms with Gasteiger partial charge in [0.2, 0.25) is 5.95 Å². The minimum Gasteiger partial charge on any atom is -0.399 e. The molecule has 0 radical (unpaired) electrons. The van der Waals surface area contributed by atoms with Gasteiger partial charge in [-0.05, 0) is 31.0 Å². The Hall–Kier alpha value is -2.40. The number of nitrogen functional groups attached to an aromatic ring is 1. The summed E-state index contributed by atoms with van der Waals surface area (Å²) in [6.45, 7) is 1.77. The molecule has 30 heavy (non-hydrogen) atoms. The maximum absolute atomic E-state index is 13.7. The van der Waals surface area contributed by atoms with E-state index in [0.717, 1.165) is 12.3 Å². The van der Waals surface area contributed by atoms with Gasteiger partial charge in [-0.15, -0.1) is 0 Å². The fraction of sp³-hybridized carbons (Fsp3) is 0.474. The number of nitrogens with two attached hydrogens (primary N) is 1.